The van der Waals surface area contributed by atoms with Crippen LogP contribution in [0.1, 0.15) is 50.2 Å². The third-order valence-electron chi connectivity index (χ3n) is 4.09. The van der Waals surface area contributed by atoms with Gasteiger partial charge in [0.1, 0.15) is 0 Å². The molecule has 2 atom stereocenters. The van der Waals surface area contributed by atoms with Crippen LogP contribution in [0.25, 0.3) is 0 Å². The molecule has 1 aromatic heterocycles. The van der Waals surface area contributed by atoms with E-state index in [0.29, 0.717) is 5.89 Å². The Morgan fingerprint density at radius 3 is 2.75 bits per heavy atom. The van der Waals surface area contributed by atoms with Crippen molar-refractivity contribution in [1.29, 1.82) is 0 Å². The number of rotatable bonds is 2. The Hall–Kier alpha value is -0.900. The summed E-state index contributed by atoms with van der Waals surface area (Å²) in [4.78, 5) is 4.32. The first-order valence-electron chi connectivity index (χ1n) is 6.27. The summed E-state index contributed by atoms with van der Waals surface area (Å²) in [6.45, 7) is 1.82. The largest absolute Gasteiger partial charge is 0.340 e. The Labute approximate surface area is 95.6 Å². The molecule has 2 N–H and O–H groups in total. The number of nitrogens with two attached hydrogens (primary N) is 1. The predicted octanol–water partition coefficient (Wildman–Crippen LogP) is 2.13. The highest BCUT2D eigenvalue weighted by Crippen LogP contribution is 2.48. The van der Waals surface area contributed by atoms with Crippen LogP contribution in [0.4, 0.5) is 0 Å². The summed E-state index contributed by atoms with van der Waals surface area (Å²) in [5, 5.41) is 4.01. The fourth-order valence-electron chi connectivity index (χ4n) is 3.03. The van der Waals surface area contributed by atoms with Gasteiger partial charge in [-0.05, 0) is 37.5 Å². The minimum absolute atomic E-state index is 0.330. The minimum Gasteiger partial charge on any atom is -0.340 e. The summed E-state index contributed by atoms with van der Waals surface area (Å²) < 4.78 is 5.05. The summed E-state index contributed by atoms with van der Waals surface area (Å²) >= 11 is 0. The van der Waals surface area contributed by atoms with Gasteiger partial charge < -0.3 is 10.3 Å². The summed E-state index contributed by atoms with van der Waals surface area (Å²) in [6, 6.07) is 0. The van der Waals surface area contributed by atoms with Crippen molar-refractivity contribution in [2.24, 2.45) is 17.6 Å². The quantitative estimate of drug-likeness (QED) is 0.830. The van der Waals surface area contributed by atoms with Crippen LogP contribution in [0.15, 0.2) is 4.52 Å². The average molecular weight is 221 g/mol. The topological polar surface area (TPSA) is 64.9 Å². The number of hydrogen-bond acceptors (Lipinski definition) is 4. The predicted molar refractivity (Wildman–Crippen MR) is 59.6 cm³/mol. The zero-order valence-electron chi connectivity index (χ0n) is 9.78. The lowest BCUT2D eigenvalue weighted by Gasteiger charge is -2.35. The van der Waals surface area contributed by atoms with Gasteiger partial charge in [-0.2, -0.15) is 4.98 Å². The number of hydrogen-bond donors (Lipinski definition) is 1. The Morgan fingerprint density at radius 1 is 1.31 bits per heavy atom. The molecule has 2 unspecified atom stereocenters. The Morgan fingerprint density at radius 2 is 2.12 bits per heavy atom. The maximum Gasteiger partial charge on any atom is 0.223 e. The van der Waals surface area contributed by atoms with Gasteiger partial charge in [0.05, 0.1) is 5.54 Å². The summed E-state index contributed by atoms with van der Waals surface area (Å²) in [7, 11) is 0. The number of aromatic nitrogens is 2. The first-order chi connectivity index (χ1) is 7.67. The molecule has 0 spiro atoms. The van der Waals surface area contributed by atoms with E-state index in [1.807, 2.05) is 6.92 Å². The van der Waals surface area contributed by atoms with E-state index in [2.05, 4.69) is 10.1 Å². The molecule has 88 valence electrons. The van der Waals surface area contributed by atoms with Gasteiger partial charge in [0.2, 0.25) is 5.89 Å². The SMILES string of the molecule is Cc1nc(C2(N)CCCC(C3CC3)C2)no1. The van der Waals surface area contributed by atoms with E-state index in [1.54, 1.807) is 0 Å². The van der Waals surface area contributed by atoms with E-state index in [4.69, 9.17) is 10.3 Å². The van der Waals surface area contributed by atoms with Crippen molar-refractivity contribution in [3.05, 3.63) is 11.7 Å². The second-order valence-corrected chi connectivity index (χ2v) is 5.49. The summed E-state index contributed by atoms with van der Waals surface area (Å²) in [5.74, 6) is 3.05. The van der Waals surface area contributed by atoms with Crippen LogP contribution in [0.3, 0.4) is 0 Å². The van der Waals surface area contributed by atoms with E-state index >= 15 is 0 Å². The van der Waals surface area contributed by atoms with Crippen molar-refractivity contribution < 1.29 is 4.52 Å². The van der Waals surface area contributed by atoms with Crippen molar-refractivity contribution in [3.8, 4) is 0 Å². The van der Waals surface area contributed by atoms with Crippen LogP contribution < -0.4 is 5.73 Å². The molecule has 1 heterocycles. The zero-order chi connectivity index (χ0) is 11.2. The van der Waals surface area contributed by atoms with Crippen LogP contribution in [-0.2, 0) is 5.54 Å². The van der Waals surface area contributed by atoms with E-state index < -0.39 is 0 Å². The van der Waals surface area contributed by atoms with E-state index in [0.717, 1.165) is 30.5 Å². The van der Waals surface area contributed by atoms with Crippen LogP contribution in [-0.4, -0.2) is 10.1 Å². The Kier molecular flexibility index (Phi) is 2.28. The Balaban J connectivity index is 1.80. The summed E-state index contributed by atoms with van der Waals surface area (Å²) in [6.07, 6.45) is 7.36. The molecule has 16 heavy (non-hydrogen) atoms. The molecule has 0 saturated heterocycles. The molecule has 0 aliphatic heterocycles. The van der Waals surface area contributed by atoms with Crippen LogP contribution >= 0.6 is 0 Å². The molecule has 2 saturated carbocycles. The molecule has 0 bridgehead atoms. The molecule has 3 rings (SSSR count). The van der Waals surface area contributed by atoms with E-state index in [1.165, 1.54) is 25.7 Å². The highest BCUT2D eigenvalue weighted by Gasteiger charge is 2.43. The molecule has 2 aliphatic carbocycles. The fraction of sp³-hybridized carbons (Fsp3) is 0.833. The van der Waals surface area contributed by atoms with Gasteiger partial charge in [0, 0.05) is 6.92 Å². The van der Waals surface area contributed by atoms with Crippen molar-refractivity contribution in [2.45, 2.75) is 51.0 Å². The van der Waals surface area contributed by atoms with Crippen molar-refractivity contribution in [1.82, 2.24) is 10.1 Å². The molecule has 0 aromatic carbocycles. The highest BCUT2D eigenvalue weighted by molar-refractivity contribution is 5.07. The standard InChI is InChI=1S/C12H19N3O/c1-8-14-11(15-16-8)12(13)6-2-3-10(7-12)9-4-5-9/h9-10H,2-7,13H2,1H3. The molecule has 2 aliphatic rings. The van der Waals surface area contributed by atoms with Crippen molar-refractivity contribution in [2.75, 3.05) is 0 Å². The first kappa shape index (κ1) is 10.3. The van der Waals surface area contributed by atoms with Gasteiger partial charge >= 0.3 is 0 Å². The van der Waals surface area contributed by atoms with Gasteiger partial charge in [-0.25, -0.2) is 0 Å². The number of aryl methyl sites for hydroxylation is 1. The van der Waals surface area contributed by atoms with Crippen molar-refractivity contribution >= 4 is 0 Å². The van der Waals surface area contributed by atoms with Gasteiger partial charge in [-0.1, -0.05) is 18.0 Å². The average Bonchev–Trinajstić information content (AvgIpc) is 3.01. The smallest absolute Gasteiger partial charge is 0.223 e. The molecule has 2 fully saturated rings. The first-order valence-corrected chi connectivity index (χ1v) is 6.27. The monoisotopic (exact) mass is 221 g/mol. The maximum atomic E-state index is 6.46. The third kappa shape index (κ3) is 1.75. The van der Waals surface area contributed by atoms with Gasteiger partial charge in [0.25, 0.3) is 0 Å². The van der Waals surface area contributed by atoms with Crippen LogP contribution in [0.5, 0.6) is 0 Å². The van der Waals surface area contributed by atoms with Crippen LogP contribution in [0.2, 0.25) is 0 Å². The molecular formula is C12H19N3O. The molecule has 1 aromatic rings. The molecule has 4 nitrogen and oxygen atoms in total. The van der Waals surface area contributed by atoms with Crippen molar-refractivity contribution in [3.63, 3.8) is 0 Å². The Bertz CT molecular complexity index is 385. The fourth-order valence-corrected chi connectivity index (χ4v) is 3.03. The highest BCUT2D eigenvalue weighted by atomic mass is 16.5. The zero-order valence-corrected chi connectivity index (χ0v) is 9.78. The van der Waals surface area contributed by atoms with E-state index in [9.17, 15) is 0 Å². The lowest BCUT2D eigenvalue weighted by molar-refractivity contribution is 0.193. The number of nitrogens with zero attached hydrogens (tertiary/aromatic N) is 2. The van der Waals surface area contributed by atoms with Gasteiger partial charge in [-0.15, -0.1) is 0 Å². The van der Waals surface area contributed by atoms with Gasteiger partial charge in [0.15, 0.2) is 5.82 Å². The molecule has 4 heteroatoms. The van der Waals surface area contributed by atoms with Crippen LogP contribution in [0, 0.1) is 18.8 Å². The maximum absolute atomic E-state index is 6.46. The second kappa shape index (κ2) is 3.55. The molecule has 0 amide bonds. The lowest BCUT2D eigenvalue weighted by atomic mass is 9.74. The molecular weight excluding hydrogens is 202 g/mol. The summed E-state index contributed by atoms with van der Waals surface area (Å²) in [5.41, 5.74) is 6.13. The lowest BCUT2D eigenvalue weighted by Crippen LogP contribution is -2.42. The minimum atomic E-state index is -0.330. The normalized spacial score (nSPS) is 35.2. The van der Waals surface area contributed by atoms with E-state index in [-0.39, 0.29) is 5.54 Å². The second-order valence-electron chi connectivity index (χ2n) is 5.49. The van der Waals surface area contributed by atoms with Gasteiger partial charge in [-0.3, -0.25) is 0 Å². The third-order valence-corrected chi connectivity index (χ3v) is 4.09. The molecule has 0 radical (unpaired) electrons.